The van der Waals surface area contributed by atoms with Crippen LogP contribution in [0.1, 0.15) is 23.1 Å². The largest absolute Gasteiger partial charge is 0.490 e. The average molecular weight is 723 g/mol. The van der Waals surface area contributed by atoms with Crippen LogP contribution in [0.5, 0.6) is 0 Å². The summed E-state index contributed by atoms with van der Waals surface area (Å²) in [6, 6.07) is 24.8. The van der Waals surface area contributed by atoms with Crippen LogP contribution in [0.4, 0.5) is 18.0 Å². The van der Waals surface area contributed by atoms with Gasteiger partial charge in [0.1, 0.15) is 6.04 Å². The van der Waals surface area contributed by atoms with E-state index in [1.54, 1.807) is 29.2 Å². The minimum atomic E-state index is -5.08. The zero-order valence-electron chi connectivity index (χ0n) is 27.2. The molecular weight excluding hydrogens is 682 g/mol. The predicted octanol–water partition coefficient (Wildman–Crippen LogP) is 4.74. The van der Waals surface area contributed by atoms with E-state index in [1.807, 2.05) is 74.6 Å². The van der Waals surface area contributed by atoms with Gasteiger partial charge in [0.15, 0.2) is 0 Å². The molecule has 0 unspecified atom stereocenters. The second kappa shape index (κ2) is 18.6. The van der Waals surface area contributed by atoms with Gasteiger partial charge >= 0.3 is 18.2 Å². The van der Waals surface area contributed by atoms with Crippen LogP contribution in [0.2, 0.25) is 0 Å². The molecule has 1 heterocycles. The van der Waals surface area contributed by atoms with Crippen LogP contribution in [-0.4, -0.2) is 98.5 Å². The lowest BCUT2D eigenvalue weighted by Gasteiger charge is -2.33. The first-order valence-corrected chi connectivity index (χ1v) is 18.5. The van der Waals surface area contributed by atoms with Gasteiger partial charge in [-0.3, -0.25) is 4.79 Å². The molecule has 15 heteroatoms. The Morgan fingerprint density at radius 2 is 1.39 bits per heavy atom. The molecule has 0 aromatic heterocycles. The lowest BCUT2D eigenvalue weighted by molar-refractivity contribution is -0.192. The number of likely N-dealkylation sites (N-methyl/N-ethyl adjacent to an activating group) is 1. The zero-order chi connectivity index (χ0) is 36.0. The van der Waals surface area contributed by atoms with Gasteiger partial charge in [0, 0.05) is 44.4 Å². The summed E-state index contributed by atoms with van der Waals surface area (Å²) in [5.74, 6) is -2.90. The number of carboxylic acids is 1. The molecule has 0 bridgehead atoms. The van der Waals surface area contributed by atoms with E-state index in [0.29, 0.717) is 32.4 Å². The van der Waals surface area contributed by atoms with Crippen LogP contribution >= 0.6 is 10.8 Å². The Morgan fingerprint density at radius 1 is 0.857 bits per heavy atom. The number of alkyl halides is 3. The van der Waals surface area contributed by atoms with Crippen LogP contribution in [-0.2, 0) is 31.3 Å². The van der Waals surface area contributed by atoms with E-state index in [2.05, 4.69) is 15.5 Å². The summed E-state index contributed by atoms with van der Waals surface area (Å²) in [4.78, 5) is 40.0. The van der Waals surface area contributed by atoms with Crippen LogP contribution in [0, 0.1) is 6.92 Å². The summed E-state index contributed by atoms with van der Waals surface area (Å²) in [5.41, 5.74) is 3.01. The Bertz CT molecular complexity index is 1600. The van der Waals surface area contributed by atoms with Crippen molar-refractivity contribution in [3.63, 3.8) is 0 Å². The molecule has 3 N–H and O–H groups in total. The monoisotopic (exact) mass is 722 g/mol. The van der Waals surface area contributed by atoms with E-state index in [-0.39, 0.29) is 22.6 Å². The number of carbonyl (C=O) groups is 3. The number of nitrogens with zero attached hydrogens (tertiary/aromatic N) is 2. The number of nitrogens with one attached hydrogen (secondary N) is 2. The molecule has 3 aromatic carbocycles. The standard InChI is InChI=1S/C32H40N4O4S2.C2HF3O2/c1-25-13-17-29(18-14-25)42(39,40)41-24-28(16-15-26-9-5-3-6-10-26)33-31(37)30(23-27-11-7-4-8-12-27)34-32(38)36-21-19-35(2)20-22-36;3-2(4,5)1(6)7/h3-14,17-18,28,30H,15-16,19-24H2,1-2H3,(H,33,37)(H,34,38);(H,6,7)/t28-,30-;/m0./s1. The predicted molar refractivity (Wildman–Crippen MR) is 183 cm³/mol. The highest BCUT2D eigenvalue weighted by molar-refractivity contribution is 8.72. The maximum Gasteiger partial charge on any atom is 0.490 e. The Balaban J connectivity index is 0.000000838. The molecule has 1 aliphatic rings. The fourth-order valence-electron chi connectivity index (χ4n) is 4.74. The number of benzene rings is 3. The molecule has 3 aromatic rings. The number of carbonyl (C=O) groups excluding carboxylic acids is 2. The molecule has 3 amide bonds. The molecule has 0 aliphatic carbocycles. The second-order valence-electron chi connectivity index (χ2n) is 11.6. The number of carboxylic acid groups (broad SMARTS) is 1. The first-order valence-electron chi connectivity index (χ1n) is 15.5. The third kappa shape index (κ3) is 13.8. The Morgan fingerprint density at radius 3 is 1.92 bits per heavy atom. The van der Waals surface area contributed by atoms with Gasteiger partial charge in [-0.05, 0) is 60.9 Å². The Kier molecular flexibility index (Phi) is 15.0. The number of hydrogen-bond donors (Lipinski definition) is 3. The summed E-state index contributed by atoms with van der Waals surface area (Å²) < 4.78 is 58.0. The van der Waals surface area contributed by atoms with E-state index < -0.39 is 33.1 Å². The minimum Gasteiger partial charge on any atom is -0.475 e. The molecule has 10 nitrogen and oxygen atoms in total. The molecule has 0 spiro atoms. The van der Waals surface area contributed by atoms with Crippen molar-refractivity contribution in [1.82, 2.24) is 20.4 Å². The number of aryl methyl sites for hydroxylation is 2. The van der Waals surface area contributed by atoms with Gasteiger partial charge in [0.25, 0.3) is 0 Å². The quantitative estimate of drug-likeness (QED) is 0.229. The van der Waals surface area contributed by atoms with Gasteiger partial charge in [0.2, 0.25) is 14.8 Å². The number of aliphatic carboxylic acids is 1. The maximum atomic E-state index is 13.8. The van der Waals surface area contributed by atoms with Crippen molar-refractivity contribution in [1.29, 1.82) is 0 Å². The average Bonchev–Trinajstić information content (AvgIpc) is 3.07. The molecule has 0 saturated carbocycles. The summed E-state index contributed by atoms with van der Waals surface area (Å²) in [6.45, 7) is 4.64. The minimum absolute atomic E-state index is 0.180. The highest BCUT2D eigenvalue weighted by atomic mass is 33.1. The van der Waals surface area contributed by atoms with Crippen LogP contribution in [0.25, 0.3) is 0 Å². The summed E-state index contributed by atoms with van der Waals surface area (Å²) in [6.07, 6.45) is -3.53. The summed E-state index contributed by atoms with van der Waals surface area (Å²) in [5, 5.41) is 13.2. The van der Waals surface area contributed by atoms with Gasteiger partial charge in [-0.25, -0.2) is 18.0 Å². The van der Waals surface area contributed by atoms with Crippen molar-refractivity contribution in [3.8, 4) is 0 Å². The number of rotatable bonds is 12. The highest BCUT2D eigenvalue weighted by Crippen LogP contribution is 2.25. The van der Waals surface area contributed by atoms with Gasteiger partial charge in [0.05, 0.1) is 4.90 Å². The maximum absolute atomic E-state index is 13.8. The smallest absolute Gasteiger partial charge is 0.475 e. The molecule has 1 fully saturated rings. The molecule has 1 aliphatic heterocycles. The van der Waals surface area contributed by atoms with Crippen molar-refractivity contribution in [2.45, 2.75) is 49.3 Å². The SMILES string of the molecule is Cc1ccc(S(=O)(=O)SC[C@H](CCc2ccccc2)NC(=O)[C@H](Cc2ccccc2)NC(=O)N2CCN(C)CC2)cc1.O=C(O)C(F)(F)F. The number of halogens is 3. The first-order chi connectivity index (χ1) is 23.1. The van der Waals surface area contributed by atoms with Crippen molar-refractivity contribution < 1.29 is 41.1 Å². The number of urea groups is 1. The van der Waals surface area contributed by atoms with Crippen LogP contribution in [0.15, 0.2) is 89.8 Å². The Labute approximate surface area is 288 Å². The number of hydrogen-bond acceptors (Lipinski definition) is 7. The molecule has 4 rings (SSSR count). The van der Waals surface area contributed by atoms with Gasteiger partial charge in [-0.2, -0.15) is 13.2 Å². The fraction of sp³-hybridized carbons (Fsp3) is 0.382. The first kappa shape index (κ1) is 39.4. The van der Waals surface area contributed by atoms with Crippen molar-refractivity contribution in [3.05, 3.63) is 102 Å². The van der Waals surface area contributed by atoms with E-state index in [4.69, 9.17) is 9.90 Å². The van der Waals surface area contributed by atoms with Gasteiger partial charge in [-0.15, -0.1) is 0 Å². The molecule has 0 radical (unpaired) electrons. The molecule has 2 atom stereocenters. The van der Waals surface area contributed by atoms with Gasteiger partial charge < -0.3 is 25.5 Å². The lowest BCUT2D eigenvalue weighted by atomic mass is 10.0. The van der Waals surface area contributed by atoms with E-state index in [9.17, 15) is 31.2 Å². The molecule has 1 saturated heterocycles. The van der Waals surface area contributed by atoms with Crippen molar-refractivity contribution in [2.24, 2.45) is 0 Å². The summed E-state index contributed by atoms with van der Waals surface area (Å²) >= 11 is 0. The summed E-state index contributed by atoms with van der Waals surface area (Å²) in [7, 11) is -0.759. The fourth-order valence-corrected chi connectivity index (χ4v) is 7.71. The normalized spacial score (nSPS) is 14.9. The van der Waals surface area contributed by atoms with E-state index in [0.717, 1.165) is 40.6 Å². The third-order valence-electron chi connectivity index (χ3n) is 7.63. The van der Waals surface area contributed by atoms with Crippen molar-refractivity contribution >= 4 is 37.6 Å². The second-order valence-corrected chi connectivity index (χ2v) is 15.5. The zero-order valence-corrected chi connectivity index (χ0v) is 28.9. The topological polar surface area (TPSA) is 136 Å². The van der Waals surface area contributed by atoms with Crippen molar-refractivity contribution in [2.75, 3.05) is 39.0 Å². The van der Waals surface area contributed by atoms with E-state index in [1.165, 1.54) is 0 Å². The van der Waals surface area contributed by atoms with Crippen LogP contribution in [0.3, 0.4) is 0 Å². The Hall–Kier alpha value is -4.08. The highest BCUT2D eigenvalue weighted by Gasteiger charge is 2.38. The number of amides is 3. The third-order valence-corrected chi connectivity index (χ3v) is 11.2. The van der Waals surface area contributed by atoms with Crippen LogP contribution < -0.4 is 10.6 Å². The lowest BCUT2D eigenvalue weighted by Crippen LogP contribution is -2.57. The molecule has 49 heavy (non-hydrogen) atoms. The van der Waals surface area contributed by atoms with E-state index >= 15 is 0 Å². The van der Waals surface area contributed by atoms with Gasteiger partial charge in [-0.1, -0.05) is 78.4 Å². The molecular formula is C34H41F3N4O6S2. The number of piperazine rings is 1. The molecule has 266 valence electrons.